The number of pyridine rings is 1. The first-order chi connectivity index (χ1) is 17.7. The van der Waals surface area contributed by atoms with E-state index in [1.54, 1.807) is 28.9 Å². The Bertz CT molecular complexity index is 1560. The predicted molar refractivity (Wildman–Crippen MR) is 138 cm³/mol. The molecule has 0 atom stereocenters. The number of para-hydroxylation sites is 1. The molecule has 1 saturated carbocycles. The maximum atomic E-state index is 13.0. The van der Waals surface area contributed by atoms with Gasteiger partial charge < -0.3 is 15.2 Å². The van der Waals surface area contributed by atoms with Crippen LogP contribution in [-0.4, -0.2) is 65.5 Å². The molecule has 1 amide bonds. The molecular weight excluding hydrogens is 494 g/mol. The van der Waals surface area contributed by atoms with Gasteiger partial charge in [0, 0.05) is 39.3 Å². The summed E-state index contributed by atoms with van der Waals surface area (Å²) in [5.41, 5.74) is -0.273. The molecule has 37 heavy (non-hydrogen) atoms. The SMILES string of the molecule is CN(C)S(=O)(=O)c1ccccc1Nc1nn(C2(CC#N)CCN(C(=O)C3CC3)CC2)c2cc[nH]c(=O)c12. The summed E-state index contributed by atoms with van der Waals surface area (Å²) in [5, 5.41) is 17.9. The molecule has 3 aromatic rings. The first kappa shape index (κ1) is 25.0. The second-order valence-electron chi connectivity index (χ2n) is 9.89. The number of benzene rings is 1. The highest BCUT2D eigenvalue weighted by molar-refractivity contribution is 7.89. The van der Waals surface area contributed by atoms with Crippen molar-refractivity contribution in [1.82, 2.24) is 24.0 Å². The van der Waals surface area contributed by atoms with Gasteiger partial charge in [-0.3, -0.25) is 14.3 Å². The van der Waals surface area contributed by atoms with E-state index in [0.29, 0.717) is 31.4 Å². The summed E-state index contributed by atoms with van der Waals surface area (Å²) >= 11 is 0. The number of carbonyl (C=O) groups excluding carboxylic acids is 1. The monoisotopic (exact) mass is 523 g/mol. The Morgan fingerprint density at radius 1 is 1.24 bits per heavy atom. The summed E-state index contributed by atoms with van der Waals surface area (Å²) in [6.45, 7) is 1.02. The zero-order valence-electron chi connectivity index (χ0n) is 20.8. The van der Waals surface area contributed by atoms with E-state index in [9.17, 15) is 23.3 Å². The van der Waals surface area contributed by atoms with Crippen molar-refractivity contribution >= 4 is 38.3 Å². The maximum absolute atomic E-state index is 13.0. The van der Waals surface area contributed by atoms with Crippen LogP contribution in [0.1, 0.15) is 32.1 Å². The number of likely N-dealkylation sites (tertiary alicyclic amines) is 1. The van der Waals surface area contributed by atoms with Gasteiger partial charge in [0.2, 0.25) is 15.9 Å². The van der Waals surface area contributed by atoms with Gasteiger partial charge in [0.1, 0.15) is 10.3 Å². The average Bonchev–Trinajstić information content (AvgIpc) is 3.66. The quantitative estimate of drug-likeness (QED) is 0.484. The first-order valence-corrected chi connectivity index (χ1v) is 13.7. The van der Waals surface area contributed by atoms with Crippen molar-refractivity contribution in [3.63, 3.8) is 0 Å². The van der Waals surface area contributed by atoms with Crippen LogP contribution in [0.2, 0.25) is 0 Å². The van der Waals surface area contributed by atoms with Gasteiger partial charge in [0.25, 0.3) is 5.56 Å². The number of piperidine rings is 1. The standard InChI is InChI=1S/C25H29N7O4S/c1-30(2)37(35,36)20-6-4-3-5-18(20)28-22-21-19(9-14-27-23(21)33)32(29-22)25(10-13-26)11-15-31(16-12-25)24(34)17-7-8-17/h3-6,9,14,17H,7-8,10-12,15-16H2,1-2H3,(H,27,33)(H,28,29). The Hall–Kier alpha value is -3.69. The molecule has 2 fully saturated rings. The van der Waals surface area contributed by atoms with E-state index in [-0.39, 0.29) is 45.6 Å². The van der Waals surface area contributed by atoms with Gasteiger partial charge >= 0.3 is 0 Å². The molecule has 0 unspecified atom stereocenters. The molecule has 5 rings (SSSR count). The van der Waals surface area contributed by atoms with Crippen LogP contribution in [0, 0.1) is 17.2 Å². The molecule has 1 aliphatic heterocycles. The Morgan fingerprint density at radius 2 is 1.95 bits per heavy atom. The van der Waals surface area contributed by atoms with Crippen molar-refractivity contribution in [3.05, 3.63) is 46.9 Å². The third-order valence-electron chi connectivity index (χ3n) is 7.29. The number of H-pyrrole nitrogens is 1. The zero-order valence-corrected chi connectivity index (χ0v) is 21.6. The van der Waals surface area contributed by atoms with Crippen LogP contribution in [0.5, 0.6) is 0 Å². The lowest BCUT2D eigenvalue weighted by molar-refractivity contribution is -0.134. The van der Waals surface area contributed by atoms with Gasteiger partial charge in [-0.05, 0) is 43.9 Å². The van der Waals surface area contributed by atoms with Gasteiger partial charge in [-0.1, -0.05) is 12.1 Å². The number of carbonyl (C=O) groups is 1. The molecule has 1 saturated heterocycles. The van der Waals surface area contributed by atoms with Crippen molar-refractivity contribution in [2.24, 2.45) is 5.92 Å². The van der Waals surface area contributed by atoms with E-state index in [4.69, 9.17) is 5.10 Å². The number of amides is 1. The smallest absolute Gasteiger partial charge is 0.261 e. The topological polar surface area (TPSA) is 144 Å². The third kappa shape index (κ3) is 4.38. The Labute approximate surface area is 214 Å². The lowest BCUT2D eigenvalue weighted by Gasteiger charge is -2.41. The van der Waals surface area contributed by atoms with Crippen LogP contribution in [0.3, 0.4) is 0 Å². The maximum Gasteiger partial charge on any atom is 0.261 e. The third-order valence-corrected chi connectivity index (χ3v) is 9.17. The molecule has 0 radical (unpaired) electrons. The number of rotatable bonds is 7. The van der Waals surface area contributed by atoms with E-state index < -0.39 is 15.6 Å². The fourth-order valence-corrected chi connectivity index (χ4v) is 6.03. The normalized spacial score (nSPS) is 17.6. The predicted octanol–water partition coefficient (Wildman–Crippen LogP) is 2.36. The summed E-state index contributed by atoms with van der Waals surface area (Å²) in [6.07, 6.45) is 4.60. The highest BCUT2D eigenvalue weighted by atomic mass is 32.2. The molecule has 0 bridgehead atoms. The van der Waals surface area contributed by atoms with Crippen molar-refractivity contribution in [1.29, 1.82) is 5.26 Å². The van der Waals surface area contributed by atoms with Crippen molar-refractivity contribution in [3.8, 4) is 6.07 Å². The number of nitrogens with zero attached hydrogens (tertiary/aromatic N) is 5. The largest absolute Gasteiger partial charge is 0.342 e. The number of anilines is 2. The Balaban J connectivity index is 1.58. The van der Waals surface area contributed by atoms with Crippen LogP contribution in [0.15, 0.2) is 46.2 Å². The van der Waals surface area contributed by atoms with Crippen LogP contribution < -0.4 is 10.9 Å². The molecule has 0 spiro atoms. The van der Waals surface area contributed by atoms with Crippen LogP contribution in [0.4, 0.5) is 11.5 Å². The van der Waals surface area contributed by atoms with Gasteiger partial charge in [-0.15, -0.1) is 0 Å². The minimum Gasteiger partial charge on any atom is -0.342 e. The van der Waals surface area contributed by atoms with Gasteiger partial charge in [0.05, 0.1) is 29.2 Å². The molecule has 12 heteroatoms. The van der Waals surface area contributed by atoms with Crippen molar-refractivity contribution in [2.75, 3.05) is 32.5 Å². The molecule has 2 aromatic heterocycles. The summed E-state index contributed by atoms with van der Waals surface area (Å²) in [7, 11) is -0.869. The van der Waals surface area contributed by atoms with E-state index in [0.717, 1.165) is 17.1 Å². The molecular formula is C25H29N7O4S. The highest BCUT2D eigenvalue weighted by Gasteiger charge is 2.42. The number of hydrogen-bond acceptors (Lipinski definition) is 7. The summed E-state index contributed by atoms with van der Waals surface area (Å²) < 4.78 is 28.7. The molecule has 11 nitrogen and oxygen atoms in total. The van der Waals surface area contributed by atoms with Gasteiger partial charge in [-0.2, -0.15) is 10.4 Å². The Kier molecular flexibility index (Phi) is 6.29. The van der Waals surface area contributed by atoms with E-state index >= 15 is 0 Å². The van der Waals surface area contributed by atoms with Gasteiger partial charge in [0.15, 0.2) is 5.82 Å². The van der Waals surface area contributed by atoms with Crippen LogP contribution >= 0.6 is 0 Å². The molecule has 2 N–H and O–H groups in total. The van der Waals surface area contributed by atoms with E-state index in [2.05, 4.69) is 16.4 Å². The minimum atomic E-state index is -3.77. The number of sulfonamides is 1. The second-order valence-corrected chi connectivity index (χ2v) is 12.0. The molecule has 1 aromatic carbocycles. The van der Waals surface area contributed by atoms with Gasteiger partial charge in [-0.25, -0.2) is 12.7 Å². The zero-order chi connectivity index (χ0) is 26.4. The first-order valence-electron chi connectivity index (χ1n) is 12.2. The van der Waals surface area contributed by atoms with Crippen molar-refractivity contribution in [2.45, 2.75) is 42.5 Å². The summed E-state index contributed by atoms with van der Waals surface area (Å²) in [5.74, 6) is 0.502. The highest BCUT2D eigenvalue weighted by Crippen LogP contribution is 2.39. The lowest BCUT2D eigenvalue weighted by atomic mass is 9.84. The average molecular weight is 524 g/mol. The number of hydrogen-bond donors (Lipinski definition) is 2. The number of fused-ring (bicyclic) bond motifs is 1. The molecule has 2 aliphatic rings. The Morgan fingerprint density at radius 3 is 2.59 bits per heavy atom. The molecule has 194 valence electrons. The van der Waals surface area contributed by atoms with Crippen molar-refractivity contribution < 1.29 is 13.2 Å². The second kappa shape index (κ2) is 9.32. The fraction of sp³-hybridized carbons (Fsp3) is 0.440. The lowest BCUT2D eigenvalue weighted by Crippen LogP contribution is -2.48. The summed E-state index contributed by atoms with van der Waals surface area (Å²) in [4.78, 5) is 30.2. The number of nitrogens with one attached hydrogen (secondary N) is 2. The number of nitriles is 1. The summed E-state index contributed by atoms with van der Waals surface area (Å²) in [6, 6.07) is 10.4. The fourth-order valence-electron chi connectivity index (χ4n) is 4.99. The van der Waals surface area contributed by atoms with E-state index in [1.807, 2.05) is 4.90 Å². The minimum absolute atomic E-state index is 0.0497. The number of aromatic nitrogens is 3. The van der Waals surface area contributed by atoms with Crippen LogP contribution in [-0.2, 0) is 20.4 Å². The molecule has 3 heterocycles. The molecule has 1 aliphatic carbocycles. The van der Waals surface area contributed by atoms with Crippen LogP contribution in [0.25, 0.3) is 10.9 Å². The van der Waals surface area contributed by atoms with E-state index in [1.165, 1.54) is 26.4 Å². The number of aromatic amines is 1.